The number of aromatic nitrogens is 3. The maximum atomic E-state index is 13.0. The van der Waals surface area contributed by atoms with E-state index in [4.69, 9.17) is 21.1 Å². The van der Waals surface area contributed by atoms with Crippen LogP contribution in [0.1, 0.15) is 59.9 Å². The number of Topliss-reactive ketones (excluding diaryl/α,β-unsaturated/α-hetero) is 1. The summed E-state index contributed by atoms with van der Waals surface area (Å²) in [7, 11) is 0. The van der Waals surface area contributed by atoms with Crippen LogP contribution in [0.3, 0.4) is 0 Å². The van der Waals surface area contributed by atoms with E-state index in [1.807, 2.05) is 24.3 Å². The summed E-state index contributed by atoms with van der Waals surface area (Å²) in [6.45, 7) is 1.03. The molecule has 9 heteroatoms. The standard InChI is InChI=1S/C26H28ClN3O3S2/c27-21-9-5-4-6-19(21)15-34-17-25-28-29-26(30(25)20-7-2-1-3-8-20)35-16-22(31)18-10-11-23-24(14-18)33-13-12-32-23/h4-6,9-11,14,20H,1-3,7-8,12-13,15-17H2. The number of ketones is 1. The number of fused-ring (bicyclic) bond motifs is 1. The Morgan fingerprint density at radius 2 is 1.80 bits per heavy atom. The number of ether oxygens (including phenoxy) is 2. The largest absolute Gasteiger partial charge is 0.486 e. The number of thioether (sulfide) groups is 2. The Labute approximate surface area is 219 Å². The molecule has 2 aromatic carbocycles. The van der Waals surface area contributed by atoms with Crippen LogP contribution in [0.15, 0.2) is 47.6 Å². The summed E-state index contributed by atoms with van der Waals surface area (Å²) in [6.07, 6.45) is 5.97. The molecule has 1 aliphatic carbocycles. The highest BCUT2D eigenvalue weighted by Crippen LogP contribution is 2.35. The van der Waals surface area contributed by atoms with Gasteiger partial charge in [-0.2, -0.15) is 0 Å². The van der Waals surface area contributed by atoms with Gasteiger partial charge in [0.05, 0.1) is 11.5 Å². The van der Waals surface area contributed by atoms with Crippen molar-refractivity contribution in [2.24, 2.45) is 0 Å². The van der Waals surface area contributed by atoms with Crippen LogP contribution in [-0.2, 0) is 11.5 Å². The van der Waals surface area contributed by atoms with Crippen molar-refractivity contribution in [1.82, 2.24) is 14.8 Å². The van der Waals surface area contributed by atoms with Gasteiger partial charge in [0.25, 0.3) is 0 Å². The first-order valence-corrected chi connectivity index (χ1v) is 14.5. The second-order valence-corrected chi connectivity index (χ2v) is 11.1. The molecular formula is C26H28ClN3O3S2. The van der Waals surface area contributed by atoms with Gasteiger partial charge < -0.3 is 14.0 Å². The Morgan fingerprint density at radius 3 is 2.63 bits per heavy atom. The van der Waals surface area contributed by atoms with Crippen molar-refractivity contribution in [3.63, 3.8) is 0 Å². The molecule has 1 aliphatic heterocycles. The Morgan fingerprint density at radius 1 is 1.00 bits per heavy atom. The summed E-state index contributed by atoms with van der Waals surface area (Å²) in [4.78, 5) is 13.0. The molecule has 6 nitrogen and oxygen atoms in total. The second-order valence-electron chi connectivity index (χ2n) is 8.72. The van der Waals surface area contributed by atoms with Gasteiger partial charge in [0.15, 0.2) is 22.4 Å². The van der Waals surface area contributed by atoms with Crippen LogP contribution < -0.4 is 9.47 Å². The molecule has 0 N–H and O–H groups in total. The minimum absolute atomic E-state index is 0.0415. The Bertz CT molecular complexity index is 1180. The average molecular weight is 530 g/mol. The minimum atomic E-state index is 0.0415. The first-order valence-electron chi connectivity index (χ1n) is 12.0. The van der Waals surface area contributed by atoms with Crippen molar-refractivity contribution in [2.45, 2.75) is 54.8 Å². The maximum Gasteiger partial charge on any atom is 0.191 e. The fraction of sp³-hybridized carbons (Fsp3) is 0.423. The topological polar surface area (TPSA) is 66.2 Å². The lowest BCUT2D eigenvalue weighted by Gasteiger charge is -2.25. The zero-order valence-electron chi connectivity index (χ0n) is 19.5. The molecule has 35 heavy (non-hydrogen) atoms. The molecule has 3 aromatic rings. The van der Waals surface area contributed by atoms with Crippen LogP contribution in [0.2, 0.25) is 5.02 Å². The molecule has 1 fully saturated rings. The number of halogens is 1. The molecule has 2 heterocycles. The Kier molecular flexibility index (Phi) is 8.21. The van der Waals surface area contributed by atoms with E-state index in [1.165, 1.54) is 31.0 Å². The molecule has 0 unspecified atom stereocenters. The van der Waals surface area contributed by atoms with E-state index in [0.29, 0.717) is 42.1 Å². The predicted molar refractivity (Wildman–Crippen MR) is 141 cm³/mol. The fourth-order valence-corrected chi connectivity index (χ4v) is 6.66. The van der Waals surface area contributed by atoms with E-state index < -0.39 is 0 Å². The quantitative estimate of drug-likeness (QED) is 0.228. The summed E-state index contributed by atoms with van der Waals surface area (Å²) < 4.78 is 13.5. The number of carbonyl (C=O) groups is 1. The normalized spacial score (nSPS) is 15.8. The van der Waals surface area contributed by atoms with Gasteiger partial charge in [0.1, 0.15) is 19.0 Å². The van der Waals surface area contributed by atoms with E-state index in [9.17, 15) is 4.79 Å². The van der Waals surface area contributed by atoms with Gasteiger partial charge in [-0.15, -0.1) is 22.0 Å². The van der Waals surface area contributed by atoms with Gasteiger partial charge in [0, 0.05) is 22.4 Å². The van der Waals surface area contributed by atoms with Gasteiger partial charge in [-0.05, 0) is 42.7 Å². The average Bonchev–Trinajstić information content (AvgIpc) is 3.31. The van der Waals surface area contributed by atoms with E-state index in [1.54, 1.807) is 23.9 Å². The highest BCUT2D eigenvalue weighted by molar-refractivity contribution is 7.99. The zero-order chi connectivity index (χ0) is 24.0. The van der Waals surface area contributed by atoms with Crippen molar-refractivity contribution >= 4 is 40.9 Å². The highest BCUT2D eigenvalue weighted by atomic mass is 35.5. The summed E-state index contributed by atoms with van der Waals surface area (Å²) in [5.41, 5.74) is 1.75. The second kappa shape index (κ2) is 11.7. The number of hydrogen-bond acceptors (Lipinski definition) is 7. The number of carbonyl (C=O) groups excluding carboxylic acids is 1. The van der Waals surface area contributed by atoms with Crippen LogP contribution in [0.25, 0.3) is 0 Å². The first kappa shape index (κ1) is 24.5. The molecule has 1 saturated carbocycles. The van der Waals surface area contributed by atoms with Crippen LogP contribution in [-0.4, -0.2) is 39.5 Å². The van der Waals surface area contributed by atoms with Gasteiger partial charge >= 0.3 is 0 Å². The summed E-state index contributed by atoms with van der Waals surface area (Å²) in [5, 5.41) is 10.7. The van der Waals surface area contributed by atoms with Crippen molar-refractivity contribution in [3.8, 4) is 11.5 Å². The fourth-order valence-electron chi connectivity index (χ4n) is 4.51. The van der Waals surface area contributed by atoms with Gasteiger partial charge in [0.2, 0.25) is 0 Å². The first-order chi connectivity index (χ1) is 17.2. The van der Waals surface area contributed by atoms with Crippen LogP contribution >= 0.6 is 35.1 Å². The maximum absolute atomic E-state index is 13.0. The molecule has 0 saturated heterocycles. The number of benzene rings is 2. The molecule has 0 bridgehead atoms. The van der Waals surface area contributed by atoms with Gasteiger partial charge in [-0.1, -0.05) is 60.8 Å². The van der Waals surface area contributed by atoms with Crippen LogP contribution in [0.4, 0.5) is 0 Å². The molecule has 5 rings (SSSR count). The molecule has 184 valence electrons. The number of hydrogen-bond donors (Lipinski definition) is 0. The molecule has 0 atom stereocenters. The van der Waals surface area contributed by atoms with Crippen LogP contribution in [0.5, 0.6) is 11.5 Å². The lowest BCUT2D eigenvalue weighted by atomic mass is 9.95. The molecule has 1 aromatic heterocycles. The number of nitrogens with zero attached hydrogens (tertiary/aromatic N) is 3. The smallest absolute Gasteiger partial charge is 0.191 e. The monoisotopic (exact) mass is 529 g/mol. The lowest BCUT2D eigenvalue weighted by Crippen LogP contribution is -2.17. The van der Waals surface area contributed by atoms with Gasteiger partial charge in [-0.25, -0.2) is 0 Å². The lowest BCUT2D eigenvalue weighted by molar-refractivity contribution is 0.102. The molecule has 0 spiro atoms. The van der Waals surface area contributed by atoms with Crippen molar-refractivity contribution in [1.29, 1.82) is 0 Å². The van der Waals surface area contributed by atoms with Crippen molar-refractivity contribution < 1.29 is 14.3 Å². The third kappa shape index (κ3) is 5.98. The molecule has 2 aliphatic rings. The Hall–Kier alpha value is -2.16. The zero-order valence-corrected chi connectivity index (χ0v) is 21.8. The Balaban J connectivity index is 1.27. The predicted octanol–water partition coefficient (Wildman–Crippen LogP) is 6.62. The van der Waals surface area contributed by atoms with E-state index in [2.05, 4.69) is 20.8 Å². The third-order valence-corrected chi connectivity index (χ3v) is 8.61. The molecule has 0 radical (unpaired) electrons. The highest BCUT2D eigenvalue weighted by Gasteiger charge is 2.24. The number of rotatable bonds is 9. The summed E-state index contributed by atoms with van der Waals surface area (Å²) in [5.74, 6) is 4.22. The summed E-state index contributed by atoms with van der Waals surface area (Å²) >= 11 is 9.59. The molecular weight excluding hydrogens is 502 g/mol. The van der Waals surface area contributed by atoms with E-state index in [-0.39, 0.29) is 5.78 Å². The van der Waals surface area contributed by atoms with E-state index >= 15 is 0 Å². The molecule has 0 amide bonds. The third-order valence-electron chi connectivity index (χ3n) is 6.32. The summed E-state index contributed by atoms with van der Waals surface area (Å²) in [6, 6.07) is 13.7. The van der Waals surface area contributed by atoms with Gasteiger partial charge in [-0.3, -0.25) is 4.79 Å². The van der Waals surface area contributed by atoms with Crippen LogP contribution in [0, 0.1) is 0 Å². The van der Waals surface area contributed by atoms with E-state index in [0.717, 1.165) is 45.9 Å². The SMILES string of the molecule is O=C(CSc1nnc(CSCc2ccccc2Cl)n1C1CCCCC1)c1ccc2c(c1)OCCO2. The minimum Gasteiger partial charge on any atom is -0.486 e. The van der Waals surface area contributed by atoms with Crippen molar-refractivity contribution in [2.75, 3.05) is 19.0 Å². The van der Waals surface area contributed by atoms with Crippen molar-refractivity contribution in [3.05, 3.63) is 64.4 Å².